The number of hydrogen-bond donors (Lipinski definition) is 1. The van der Waals surface area contributed by atoms with Crippen LogP contribution in [0.25, 0.3) is 0 Å². The van der Waals surface area contributed by atoms with Gasteiger partial charge < -0.3 is 10.5 Å². The molecule has 2 nitrogen and oxygen atoms in total. The minimum Gasteiger partial charge on any atom is -0.488 e. The van der Waals surface area contributed by atoms with Gasteiger partial charge in [0.25, 0.3) is 0 Å². The summed E-state index contributed by atoms with van der Waals surface area (Å²) in [6, 6.07) is 8.66. The molecule has 0 fully saturated rings. The minimum absolute atomic E-state index is 0.0213. The minimum atomic E-state index is -0.621. The molecule has 106 valence electrons. The Hall–Kier alpha value is -1.46. The number of hydrogen-bond acceptors (Lipinski definition) is 2. The zero-order chi connectivity index (χ0) is 14.7. The van der Waals surface area contributed by atoms with E-state index in [1.165, 1.54) is 12.1 Å². The topological polar surface area (TPSA) is 35.2 Å². The number of halogens is 3. The van der Waals surface area contributed by atoms with Gasteiger partial charge in [-0.1, -0.05) is 15.9 Å². The zero-order valence-corrected chi connectivity index (χ0v) is 12.5. The van der Waals surface area contributed by atoms with Gasteiger partial charge in [-0.15, -0.1) is 0 Å². The number of rotatable bonds is 4. The molecule has 1 atom stereocenters. The van der Waals surface area contributed by atoms with Crippen LogP contribution < -0.4 is 10.5 Å². The molecular weight excluding hydrogens is 328 g/mol. The Morgan fingerprint density at radius 2 is 1.95 bits per heavy atom. The van der Waals surface area contributed by atoms with E-state index < -0.39 is 11.6 Å². The number of ether oxygens (including phenoxy) is 1. The van der Waals surface area contributed by atoms with Crippen molar-refractivity contribution in [2.75, 3.05) is 0 Å². The van der Waals surface area contributed by atoms with E-state index in [9.17, 15) is 8.78 Å². The molecule has 2 rings (SSSR count). The predicted octanol–water partition coefficient (Wildman–Crippen LogP) is 4.33. The van der Waals surface area contributed by atoms with Gasteiger partial charge >= 0.3 is 0 Å². The summed E-state index contributed by atoms with van der Waals surface area (Å²) in [6.07, 6.45) is 0. The maximum Gasteiger partial charge on any atom is 0.132 e. The third-order valence-corrected chi connectivity index (χ3v) is 3.35. The number of nitrogens with two attached hydrogens (primary N) is 1. The van der Waals surface area contributed by atoms with Crippen molar-refractivity contribution in [3.05, 3.63) is 63.6 Å². The van der Waals surface area contributed by atoms with Crippen molar-refractivity contribution < 1.29 is 13.5 Å². The molecule has 0 bridgehead atoms. The molecule has 0 spiro atoms. The molecule has 2 N–H and O–H groups in total. The van der Waals surface area contributed by atoms with Gasteiger partial charge in [-0.05, 0) is 37.3 Å². The maximum atomic E-state index is 13.5. The molecule has 0 aliphatic heterocycles. The normalized spacial score (nSPS) is 12.2. The Morgan fingerprint density at radius 1 is 1.20 bits per heavy atom. The lowest BCUT2D eigenvalue weighted by Crippen LogP contribution is -2.08. The monoisotopic (exact) mass is 341 g/mol. The van der Waals surface area contributed by atoms with Crippen molar-refractivity contribution in [1.82, 2.24) is 0 Å². The fourth-order valence-corrected chi connectivity index (χ4v) is 2.18. The van der Waals surface area contributed by atoms with Crippen LogP contribution in [-0.4, -0.2) is 0 Å². The summed E-state index contributed by atoms with van der Waals surface area (Å²) >= 11 is 3.37. The Morgan fingerprint density at radius 3 is 2.60 bits per heavy atom. The van der Waals surface area contributed by atoms with Crippen LogP contribution in [0.2, 0.25) is 0 Å². The molecular formula is C15H14BrF2NO. The Kier molecular flexibility index (Phi) is 4.73. The van der Waals surface area contributed by atoms with Gasteiger partial charge in [-0.2, -0.15) is 0 Å². The second-order valence-corrected chi connectivity index (χ2v) is 5.41. The van der Waals surface area contributed by atoms with E-state index in [0.717, 1.165) is 16.1 Å². The lowest BCUT2D eigenvalue weighted by molar-refractivity contribution is 0.295. The second kappa shape index (κ2) is 6.33. The Labute approximate surface area is 124 Å². The average Bonchev–Trinajstić information content (AvgIpc) is 2.38. The first-order chi connectivity index (χ1) is 9.47. The molecule has 2 aromatic rings. The van der Waals surface area contributed by atoms with Gasteiger partial charge in [-0.25, -0.2) is 8.78 Å². The largest absolute Gasteiger partial charge is 0.488 e. The van der Waals surface area contributed by atoms with Crippen LogP contribution in [-0.2, 0) is 6.61 Å². The van der Waals surface area contributed by atoms with Gasteiger partial charge in [0.15, 0.2) is 0 Å². The molecule has 0 aromatic heterocycles. The standard InChI is InChI=1S/C15H14BrF2NO/c1-9(19)13-6-11(16)3-5-15(13)20-8-10-2-4-12(17)7-14(10)18/h2-7,9H,8,19H2,1H3/t9-/m1/s1. The Bertz CT molecular complexity index is 617. The third-order valence-electron chi connectivity index (χ3n) is 2.86. The summed E-state index contributed by atoms with van der Waals surface area (Å²) in [6.45, 7) is 1.86. The maximum absolute atomic E-state index is 13.5. The van der Waals surface area contributed by atoms with Crippen LogP contribution in [0.15, 0.2) is 40.9 Å². The van der Waals surface area contributed by atoms with Crippen LogP contribution in [0.5, 0.6) is 5.75 Å². The highest BCUT2D eigenvalue weighted by molar-refractivity contribution is 9.10. The highest BCUT2D eigenvalue weighted by atomic mass is 79.9. The first-order valence-electron chi connectivity index (χ1n) is 6.09. The summed E-state index contributed by atoms with van der Waals surface area (Å²) in [5, 5.41) is 0. The van der Waals surface area contributed by atoms with Gasteiger partial charge in [0.2, 0.25) is 0 Å². The van der Waals surface area contributed by atoms with Crippen molar-refractivity contribution in [2.45, 2.75) is 19.6 Å². The van der Waals surface area contributed by atoms with Gasteiger partial charge in [-0.3, -0.25) is 0 Å². The molecule has 0 radical (unpaired) electrons. The van der Waals surface area contributed by atoms with E-state index >= 15 is 0 Å². The van der Waals surface area contributed by atoms with E-state index in [1.807, 2.05) is 19.1 Å². The summed E-state index contributed by atoms with van der Waals surface area (Å²) in [7, 11) is 0. The molecule has 5 heteroatoms. The van der Waals surface area contributed by atoms with Crippen molar-refractivity contribution >= 4 is 15.9 Å². The highest BCUT2D eigenvalue weighted by Gasteiger charge is 2.10. The lowest BCUT2D eigenvalue weighted by Gasteiger charge is -2.14. The summed E-state index contributed by atoms with van der Waals surface area (Å²) in [5.74, 6) is -0.637. The smallest absolute Gasteiger partial charge is 0.132 e. The van der Waals surface area contributed by atoms with Crippen molar-refractivity contribution in [3.63, 3.8) is 0 Å². The average molecular weight is 342 g/mol. The summed E-state index contributed by atoms with van der Waals surface area (Å²) in [5.41, 5.74) is 7.00. The van der Waals surface area contributed by atoms with Crippen LogP contribution in [0.4, 0.5) is 8.78 Å². The first-order valence-corrected chi connectivity index (χ1v) is 6.88. The van der Waals surface area contributed by atoms with E-state index in [0.29, 0.717) is 11.3 Å². The molecule has 0 aliphatic rings. The van der Waals surface area contributed by atoms with Crippen LogP contribution in [0, 0.1) is 11.6 Å². The van der Waals surface area contributed by atoms with Crippen LogP contribution in [0.1, 0.15) is 24.1 Å². The molecule has 2 aromatic carbocycles. The van der Waals surface area contributed by atoms with E-state index in [2.05, 4.69) is 15.9 Å². The predicted molar refractivity (Wildman–Crippen MR) is 77.4 cm³/mol. The summed E-state index contributed by atoms with van der Waals surface area (Å²) < 4.78 is 32.8. The van der Waals surface area contributed by atoms with Crippen molar-refractivity contribution in [1.29, 1.82) is 0 Å². The molecule has 0 heterocycles. The Balaban J connectivity index is 2.18. The third kappa shape index (κ3) is 3.55. The van der Waals surface area contributed by atoms with E-state index in [4.69, 9.17) is 10.5 Å². The van der Waals surface area contributed by atoms with Gasteiger partial charge in [0.05, 0.1) is 0 Å². The molecule has 0 amide bonds. The second-order valence-electron chi connectivity index (χ2n) is 4.50. The fraction of sp³-hybridized carbons (Fsp3) is 0.200. The highest BCUT2D eigenvalue weighted by Crippen LogP contribution is 2.28. The fourth-order valence-electron chi connectivity index (χ4n) is 1.80. The summed E-state index contributed by atoms with van der Waals surface area (Å²) in [4.78, 5) is 0. The number of benzene rings is 2. The lowest BCUT2D eigenvalue weighted by atomic mass is 10.1. The van der Waals surface area contributed by atoms with Crippen LogP contribution >= 0.6 is 15.9 Å². The molecule has 0 saturated heterocycles. The molecule has 0 unspecified atom stereocenters. The van der Waals surface area contributed by atoms with Gasteiger partial charge in [0.1, 0.15) is 24.0 Å². The van der Waals surface area contributed by atoms with E-state index in [-0.39, 0.29) is 12.6 Å². The SMILES string of the molecule is C[C@@H](N)c1cc(Br)ccc1OCc1ccc(F)cc1F. The molecule has 0 saturated carbocycles. The first kappa shape index (κ1) is 14.9. The van der Waals surface area contributed by atoms with Crippen molar-refractivity contribution in [3.8, 4) is 5.75 Å². The quantitative estimate of drug-likeness (QED) is 0.898. The van der Waals surface area contributed by atoms with Crippen LogP contribution in [0.3, 0.4) is 0 Å². The van der Waals surface area contributed by atoms with Gasteiger partial charge in [0, 0.05) is 27.7 Å². The zero-order valence-electron chi connectivity index (χ0n) is 10.9. The molecule has 0 aliphatic carbocycles. The van der Waals surface area contributed by atoms with Crippen molar-refractivity contribution in [2.24, 2.45) is 5.73 Å². The van der Waals surface area contributed by atoms with E-state index in [1.54, 1.807) is 6.07 Å². The molecule has 20 heavy (non-hydrogen) atoms.